The van der Waals surface area contributed by atoms with Gasteiger partial charge < -0.3 is 25.4 Å². The molecule has 3 aliphatic heterocycles. The number of halogens is 3. The number of hydrogen-bond acceptors (Lipinski definition) is 10. The second-order valence-electron chi connectivity index (χ2n) is 11.0. The first-order valence-electron chi connectivity index (χ1n) is 13.9. The van der Waals surface area contributed by atoms with Gasteiger partial charge in [0.05, 0.1) is 35.0 Å². The zero-order valence-electron chi connectivity index (χ0n) is 23.0. The number of nitrogen functional groups attached to an aromatic ring is 1. The predicted octanol–water partition coefficient (Wildman–Crippen LogP) is 4.93. The molecule has 0 radical (unpaired) electrons. The average molecular weight is 833 g/mol. The quantitative estimate of drug-likeness (QED) is 0.271. The van der Waals surface area contributed by atoms with Gasteiger partial charge in [-0.25, -0.2) is 19.2 Å². The first-order valence-corrected chi connectivity index (χ1v) is 14.7. The molecular weight excluding hydrogens is 805 g/mol. The number of alkyl halides is 1. The van der Waals surface area contributed by atoms with Gasteiger partial charge in [0.2, 0.25) is 0 Å². The molecule has 8 rings (SSSR count). The summed E-state index contributed by atoms with van der Waals surface area (Å²) in [5, 5.41) is 20.5. The summed E-state index contributed by atoms with van der Waals surface area (Å²) in [5.74, 6) is -0.586. The molecule has 1 aromatic carbocycles. The average Bonchev–Trinajstić information content (AvgIpc) is 3.33. The second-order valence-corrected chi connectivity index (χ2v) is 12.1. The summed E-state index contributed by atoms with van der Waals surface area (Å²) in [6, 6.07) is 5.54. The Morgan fingerprint density at radius 1 is 1.23 bits per heavy atom. The van der Waals surface area contributed by atoms with Crippen molar-refractivity contribution in [3.8, 4) is 23.3 Å². The van der Waals surface area contributed by atoms with E-state index in [1.165, 1.54) is 30.8 Å². The van der Waals surface area contributed by atoms with Gasteiger partial charge in [0, 0.05) is 66.8 Å². The van der Waals surface area contributed by atoms with Crippen LogP contribution >= 0.6 is 11.3 Å². The Balaban J connectivity index is 0.000000281. The van der Waals surface area contributed by atoms with E-state index >= 15 is 4.39 Å². The van der Waals surface area contributed by atoms with Gasteiger partial charge in [-0.3, -0.25) is 4.98 Å². The number of thiophene rings is 1. The molecule has 6 heterocycles. The number of benzene rings is 1. The molecule has 3 saturated heterocycles. The molecule has 0 unspecified atom stereocenters. The van der Waals surface area contributed by atoms with Gasteiger partial charge in [0.25, 0.3) is 0 Å². The summed E-state index contributed by atoms with van der Waals surface area (Å²) in [6.07, 6.45) is 4.95. The number of anilines is 2. The van der Waals surface area contributed by atoms with Gasteiger partial charge in [-0.1, -0.05) is 6.42 Å². The molecule has 3 atom stereocenters. The van der Waals surface area contributed by atoms with E-state index < -0.39 is 23.8 Å². The third kappa shape index (κ3) is 5.44. The molecule has 0 bridgehead atoms. The van der Waals surface area contributed by atoms with Crippen LogP contribution in [0.3, 0.4) is 0 Å². The van der Waals surface area contributed by atoms with Gasteiger partial charge in [-0.15, -0.1) is 17.8 Å². The van der Waals surface area contributed by atoms with E-state index in [4.69, 9.17) is 10.5 Å². The Morgan fingerprint density at radius 2 is 2.07 bits per heavy atom. The van der Waals surface area contributed by atoms with Crippen molar-refractivity contribution in [2.75, 3.05) is 43.5 Å². The van der Waals surface area contributed by atoms with E-state index in [0.717, 1.165) is 37.1 Å². The van der Waals surface area contributed by atoms with E-state index in [2.05, 4.69) is 19.9 Å². The smallest absolute Gasteiger partial charge is 0.316 e. The van der Waals surface area contributed by atoms with Crippen LogP contribution in [0.25, 0.3) is 32.2 Å². The van der Waals surface area contributed by atoms with Gasteiger partial charge in [-0.05, 0) is 31.6 Å². The van der Waals surface area contributed by atoms with Crippen molar-refractivity contribution in [1.82, 2.24) is 19.9 Å². The summed E-state index contributed by atoms with van der Waals surface area (Å²) in [6.45, 7) is 3.50. The second kappa shape index (κ2) is 12.0. The summed E-state index contributed by atoms with van der Waals surface area (Å²) in [5.41, 5.74) is 5.98. The predicted molar refractivity (Wildman–Crippen MR) is 152 cm³/mol. The fourth-order valence-corrected chi connectivity index (χ4v) is 7.30. The largest absolute Gasteiger partial charge is 0.479 e. The summed E-state index contributed by atoms with van der Waals surface area (Å²) >= 11 is 0.925. The van der Waals surface area contributed by atoms with Crippen LogP contribution in [-0.4, -0.2) is 70.0 Å². The van der Waals surface area contributed by atoms with E-state index in [0.29, 0.717) is 43.4 Å². The summed E-state index contributed by atoms with van der Waals surface area (Å²) in [4.78, 5) is 16.6. The molecule has 222 valence electrons. The Labute approximate surface area is 273 Å². The van der Waals surface area contributed by atoms with Crippen molar-refractivity contribution >= 4 is 43.1 Å². The van der Waals surface area contributed by atoms with E-state index in [1.807, 2.05) is 11.0 Å². The Bertz CT molecular complexity index is 1740. The number of hydrogen-bond donors (Lipinski definition) is 2. The van der Waals surface area contributed by atoms with Crippen LogP contribution in [0.5, 0.6) is 6.01 Å². The fourth-order valence-electron chi connectivity index (χ4n) is 6.35. The number of pyridine rings is 1. The maximum absolute atomic E-state index is 15.8. The number of aromatic nitrogens is 3. The van der Waals surface area contributed by atoms with E-state index in [9.17, 15) is 19.1 Å². The maximum atomic E-state index is 15.8. The van der Waals surface area contributed by atoms with Crippen molar-refractivity contribution in [2.24, 2.45) is 5.92 Å². The summed E-state index contributed by atoms with van der Waals surface area (Å²) in [7, 11) is 0. The standard InChI is InChI=1S/C22H16F2N6O2S.C7H11FN.U/c23-13-2-1-10(15-11(6-25)20(26)33-19(13)15)17-16(24)18-12(7-27-17)21(29-22(31)28-18)30-3-4-32-8-9-5-14(9)30;8-6-4-7-2-1-3-9(7)5-6;/h1-2,7,9,14H,3-5,8,26H2,(H,28,29,31);6H,1-5H2;/q;-1;/t9-,14-;6-;/m01./s1. The van der Waals surface area contributed by atoms with Gasteiger partial charge in [0.15, 0.2) is 5.82 Å². The molecule has 3 N–H and O–H groups in total. The monoisotopic (exact) mass is 832 g/mol. The van der Waals surface area contributed by atoms with Gasteiger partial charge in [0.1, 0.15) is 33.9 Å². The minimum atomic E-state index is -0.800. The Hall–Kier alpha value is -2.68. The van der Waals surface area contributed by atoms with Crippen LogP contribution in [0.1, 0.15) is 31.2 Å². The number of nitrogens with two attached hydrogens (primary N) is 1. The Kier molecular flexibility index (Phi) is 8.48. The zero-order valence-corrected chi connectivity index (χ0v) is 28.0. The van der Waals surface area contributed by atoms with Crippen LogP contribution in [0.4, 0.5) is 24.0 Å². The van der Waals surface area contributed by atoms with Crippen LogP contribution in [0.2, 0.25) is 0 Å². The van der Waals surface area contributed by atoms with E-state index in [-0.39, 0.29) is 74.6 Å². The molecule has 4 fully saturated rings. The number of nitrogens with zero attached hydrogens (tertiary/aromatic N) is 6. The van der Waals surface area contributed by atoms with E-state index in [1.54, 1.807) is 0 Å². The van der Waals surface area contributed by atoms with Crippen LogP contribution in [0.15, 0.2) is 18.3 Å². The number of aromatic hydroxyl groups is 1. The van der Waals surface area contributed by atoms with Gasteiger partial charge >= 0.3 is 6.01 Å². The van der Waals surface area contributed by atoms with Gasteiger partial charge in [-0.2, -0.15) is 21.7 Å². The zero-order chi connectivity index (χ0) is 29.1. The van der Waals surface area contributed by atoms with Crippen molar-refractivity contribution in [3.63, 3.8) is 0 Å². The topological polar surface area (TPSA) is 124 Å². The third-order valence-corrected chi connectivity index (χ3v) is 9.45. The first kappa shape index (κ1) is 30.4. The molecule has 1 saturated carbocycles. The minimum absolute atomic E-state index is 0. The van der Waals surface area contributed by atoms with Crippen molar-refractivity contribution in [2.45, 2.75) is 37.9 Å². The van der Waals surface area contributed by atoms with Crippen LogP contribution < -0.4 is 10.6 Å². The van der Waals surface area contributed by atoms with Crippen molar-refractivity contribution in [1.29, 1.82) is 5.26 Å². The molecule has 3 aromatic heterocycles. The minimum Gasteiger partial charge on any atom is -0.479 e. The number of fused-ring (bicyclic) bond motifs is 4. The number of rotatable bonds is 2. The molecular formula is C29H27F3N7O2SU-. The van der Waals surface area contributed by atoms with Crippen LogP contribution in [0, 0.1) is 66.0 Å². The fraction of sp³-hybridized carbons (Fsp3) is 0.414. The summed E-state index contributed by atoms with van der Waals surface area (Å²) < 4.78 is 48.6. The number of nitriles is 1. The Morgan fingerprint density at radius 3 is 2.86 bits per heavy atom. The SMILES string of the molecule is F[C@@H]1C[C-]2CCCN2C1.N#Cc1c(N)sc2c(F)ccc(-c3ncc4c(N5CCOC[C@@H]6C[C@@H]65)nc(O)nc4c3F)c12.[U]. The molecule has 4 aromatic rings. The number of ether oxygens (including phenoxy) is 1. The van der Waals surface area contributed by atoms with Crippen molar-refractivity contribution in [3.05, 3.63) is 41.6 Å². The molecule has 0 amide bonds. The molecule has 0 spiro atoms. The van der Waals surface area contributed by atoms with Crippen molar-refractivity contribution < 1.29 is 54.1 Å². The van der Waals surface area contributed by atoms with Crippen LogP contribution in [-0.2, 0) is 4.74 Å². The molecule has 1 aliphatic carbocycles. The normalized spacial score (nSPS) is 23.2. The third-order valence-electron chi connectivity index (χ3n) is 8.42. The molecule has 9 nitrogen and oxygen atoms in total. The molecule has 14 heteroatoms. The first-order chi connectivity index (χ1) is 20.3. The molecule has 4 aliphatic rings. The maximum Gasteiger partial charge on any atom is 0.316 e. The molecule has 43 heavy (non-hydrogen) atoms.